The maximum atomic E-state index is 12.3. The van der Waals surface area contributed by atoms with Gasteiger partial charge in [-0.15, -0.1) is 0 Å². The number of rotatable bonds is 4. The van der Waals surface area contributed by atoms with Crippen LogP contribution in [0, 0.1) is 25.2 Å². The zero-order chi connectivity index (χ0) is 16.3. The Morgan fingerprint density at radius 2 is 1.91 bits per heavy atom. The number of carbonyl (C=O) groups is 1. The van der Waals surface area contributed by atoms with Gasteiger partial charge < -0.3 is 0 Å². The first-order valence-corrected chi connectivity index (χ1v) is 7.08. The lowest BCUT2D eigenvalue weighted by Crippen LogP contribution is -2.30. The van der Waals surface area contributed by atoms with Crippen molar-refractivity contribution in [2.24, 2.45) is 0 Å². The Labute approximate surface area is 128 Å². The molecule has 0 bridgehead atoms. The normalized spacial score (nSPS) is 10.3. The molecule has 0 unspecified atom stereocenters. The molecule has 0 saturated carbocycles. The van der Waals surface area contributed by atoms with Gasteiger partial charge in [0.25, 0.3) is 5.56 Å². The minimum atomic E-state index is -0.524. The molecule has 0 aliphatic heterocycles. The van der Waals surface area contributed by atoms with Crippen molar-refractivity contribution in [3.63, 3.8) is 0 Å². The zero-order valence-corrected chi connectivity index (χ0v) is 12.9. The van der Waals surface area contributed by atoms with Crippen molar-refractivity contribution >= 4 is 5.78 Å². The molecule has 5 heteroatoms. The van der Waals surface area contributed by atoms with Crippen molar-refractivity contribution in [1.82, 2.24) is 9.78 Å². The molecule has 1 heterocycles. The summed E-state index contributed by atoms with van der Waals surface area (Å²) in [6, 6.07) is 9.17. The average molecular weight is 295 g/mol. The number of aryl methyl sites for hydroxylation is 2. The molecular weight excluding hydrogens is 278 g/mol. The topological polar surface area (TPSA) is 75.8 Å². The number of ketones is 1. The van der Waals surface area contributed by atoms with Crippen molar-refractivity contribution in [2.75, 3.05) is 0 Å². The van der Waals surface area contributed by atoms with E-state index in [1.54, 1.807) is 26.0 Å². The second-order valence-electron chi connectivity index (χ2n) is 5.13. The van der Waals surface area contributed by atoms with Gasteiger partial charge in [0.2, 0.25) is 0 Å². The predicted octanol–water partition coefficient (Wildman–Crippen LogP) is 2.18. The summed E-state index contributed by atoms with van der Waals surface area (Å²) in [5, 5.41) is 13.2. The molecule has 1 aromatic heterocycles. The summed E-state index contributed by atoms with van der Waals surface area (Å²) < 4.78 is 1.07. The van der Waals surface area contributed by atoms with E-state index < -0.39 is 5.56 Å². The summed E-state index contributed by atoms with van der Waals surface area (Å²) in [4.78, 5) is 24.4. The summed E-state index contributed by atoms with van der Waals surface area (Å²) in [6.07, 6.45) is 0.901. The van der Waals surface area contributed by atoms with Gasteiger partial charge in [0.15, 0.2) is 5.78 Å². The van der Waals surface area contributed by atoms with E-state index in [9.17, 15) is 9.59 Å². The van der Waals surface area contributed by atoms with E-state index >= 15 is 0 Å². The van der Waals surface area contributed by atoms with E-state index in [0.717, 1.165) is 16.7 Å². The number of Topliss-reactive ketones (excluding diaryl/α,β-unsaturated/α-hetero) is 1. The van der Waals surface area contributed by atoms with Gasteiger partial charge in [-0.05, 0) is 31.4 Å². The van der Waals surface area contributed by atoms with Gasteiger partial charge in [0, 0.05) is 5.56 Å². The van der Waals surface area contributed by atoms with Gasteiger partial charge in [-0.3, -0.25) is 9.59 Å². The first-order chi connectivity index (χ1) is 10.5. The summed E-state index contributed by atoms with van der Waals surface area (Å²) in [7, 11) is 0. The number of nitrogens with zero attached hydrogens (tertiary/aromatic N) is 3. The molecule has 0 atom stereocenters. The van der Waals surface area contributed by atoms with Crippen LogP contribution >= 0.6 is 0 Å². The lowest BCUT2D eigenvalue weighted by atomic mass is 10.1. The Morgan fingerprint density at radius 3 is 2.45 bits per heavy atom. The number of nitriles is 1. The maximum absolute atomic E-state index is 12.3. The van der Waals surface area contributed by atoms with Gasteiger partial charge in [-0.2, -0.15) is 10.4 Å². The Hall–Kier alpha value is -2.74. The molecule has 0 N–H and O–H groups in total. The summed E-state index contributed by atoms with van der Waals surface area (Å²) in [6.45, 7) is 5.27. The molecule has 112 valence electrons. The summed E-state index contributed by atoms with van der Waals surface area (Å²) in [5.41, 5.74) is 2.33. The van der Waals surface area contributed by atoms with Gasteiger partial charge in [-0.25, -0.2) is 4.68 Å². The SMILES string of the molecule is CCc1ccc(C(=O)Cn2nc(C)c(C)c(C#N)c2=O)cc1. The standard InChI is InChI=1S/C17H17N3O2/c1-4-13-5-7-14(8-6-13)16(21)10-20-17(22)15(9-18)11(2)12(3)19-20/h5-8H,4,10H2,1-3H3. The van der Waals surface area contributed by atoms with E-state index in [1.165, 1.54) is 0 Å². The average Bonchev–Trinajstić information content (AvgIpc) is 2.53. The van der Waals surface area contributed by atoms with Gasteiger partial charge in [-0.1, -0.05) is 31.2 Å². The van der Waals surface area contributed by atoms with Crippen LogP contribution in [0.2, 0.25) is 0 Å². The minimum absolute atomic E-state index is 0.0432. The molecule has 5 nitrogen and oxygen atoms in total. The Kier molecular flexibility index (Phi) is 4.52. The van der Waals surface area contributed by atoms with Crippen molar-refractivity contribution in [1.29, 1.82) is 5.26 Å². The highest BCUT2D eigenvalue weighted by molar-refractivity contribution is 5.95. The molecule has 0 spiro atoms. The van der Waals surface area contributed by atoms with E-state index in [4.69, 9.17) is 5.26 Å². The lowest BCUT2D eigenvalue weighted by Gasteiger charge is -2.08. The summed E-state index contributed by atoms with van der Waals surface area (Å²) in [5.74, 6) is -0.204. The smallest absolute Gasteiger partial charge is 0.285 e. The highest BCUT2D eigenvalue weighted by atomic mass is 16.1. The molecular formula is C17H17N3O2. The Morgan fingerprint density at radius 1 is 1.27 bits per heavy atom. The van der Waals surface area contributed by atoms with Crippen LogP contribution in [0.3, 0.4) is 0 Å². The van der Waals surface area contributed by atoms with Crippen LogP contribution in [-0.2, 0) is 13.0 Å². The molecule has 0 saturated heterocycles. The van der Waals surface area contributed by atoms with E-state index in [2.05, 4.69) is 5.10 Å². The van der Waals surface area contributed by atoms with Crippen molar-refractivity contribution in [3.8, 4) is 6.07 Å². The van der Waals surface area contributed by atoms with Gasteiger partial charge >= 0.3 is 0 Å². The first kappa shape index (κ1) is 15.6. The van der Waals surface area contributed by atoms with Crippen LogP contribution in [-0.4, -0.2) is 15.6 Å². The molecule has 2 rings (SSSR count). The monoisotopic (exact) mass is 295 g/mol. The fourth-order valence-electron chi connectivity index (χ4n) is 2.16. The van der Waals surface area contributed by atoms with Crippen molar-refractivity contribution < 1.29 is 4.79 Å². The number of hydrogen-bond donors (Lipinski definition) is 0. The molecule has 0 fully saturated rings. The van der Waals surface area contributed by atoms with Crippen molar-refractivity contribution in [2.45, 2.75) is 33.7 Å². The van der Waals surface area contributed by atoms with E-state index in [1.807, 2.05) is 25.1 Å². The van der Waals surface area contributed by atoms with Crippen LogP contribution in [0.4, 0.5) is 0 Å². The molecule has 22 heavy (non-hydrogen) atoms. The first-order valence-electron chi connectivity index (χ1n) is 7.08. The maximum Gasteiger partial charge on any atom is 0.285 e. The third-order valence-electron chi connectivity index (χ3n) is 3.73. The lowest BCUT2D eigenvalue weighted by molar-refractivity contribution is 0.0965. The Bertz CT molecular complexity index is 812. The zero-order valence-electron chi connectivity index (χ0n) is 12.9. The second-order valence-corrected chi connectivity index (χ2v) is 5.13. The van der Waals surface area contributed by atoms with Crippen LogP contribution < -0.4 is 5.56 Å². The summed E-state index contributed by atoms with van der Waals surface area (Å²) >= 11 is 0. The van der Waals surface area contributed by atoms with Gasteiger partial charge in [0.05, 0.1) is 5.69 Å². The minimum Gasteiger partial charge on any atom is -0.292 e. The highest BCUT2D eigenvalue weighted by Gasteiger charge is 2.14. The van der Waals surface area contributed by atoms with E-state index in [0.29, 0.717) is 16.8 Å². The highest BCUT2D eigenvalue weighted by Crippen LogP contribution is 2.08. The molecule has 0 aliphatic rings. The van der Waals surface area contributed by atoms with Crippen LogP contribution in [0.5, 0.6) is 0 Å². The Balaban J connectivity index is 2.34. The quantitative estimate of drug-likeness (QED) is 0.810. The second kappa shape index (κ2) is 6.35. The molecule has 1 aromatic carbocycles. The third kappa shape index (κ3) is 2.96. The number of carbonyl (C=O) groups excluding carboxylic acids is 1. The van der Waals surface area contributed by atoms with Crippen LogP contribution in [0.25, 0.3) is 0 Å². The van der Waals surface area contributed by atoms with Crippen molar-refractivity contribution in [3.05, 3.63) is 62.6 Å². The number of hydrogen-bond acceptors (Lipinski definition) is 4. The number of benzene rings is 1. The fraction of sp³-hybridized carbons (Fsp3) is 0.294. The molecule has 0 amide bonds. The molecule has 0 radical (unpaired) electrons. The molecule has 0 aliphatic carbocycles. The molecule has 2 aromatic rings. The van der Waals surface area contributed by atoms with Gasteiger partial charge in [0.1, 0.15) is 18.2 Å². The largest absolute Gasteiger partial charge is 0.292 e. The number of aromatic nitrogens is 2. The van der Waals surface area contributed by atoms with Crippen LogP contribution in [0.15, 0.2) is 29.1 Å². The van der Waals surface area contributed by atoms with E-state index in [-0.39, 0.29) is 17.9 Å². The fourth-order valence-corrected chi connectivity index (χ4v) is 2.16. The van der Waals surface area contributed by atoms with Crippen LogP contribution in [0.1, 0.15) is 39.7 Å². The third-order valence-corrected chi connectivity index (χ3v) is 3.73. The predicted molar refractivity (Wildman–Crippen MR) is 82.8 cm³/mol.